The number of carbonyl (C=O) groups excluding carboxylic acids is 1. The molecule has 190 valence electrons. The molecule has 34 heavy (non-hydrogen) atoms. The predicted molar refractivity (Wildman–Crippen MR) is 131 cm³/mol. The van der Waals surface area contributed by atoms with Crippen molar-refractivity contribution >= 4 is 5.91 Å². The minimum absolute atomic E-state index is 0.0259. The number of hydrogen-bond acceptors (Lipinski definition) is 6. The first-order chi connectivity index (χ1) is 16.2. The zero-order valence-electron chi connectivity index (χ0n) is 21.1. The van der Waals surface area contributed by atoms with Gasteiger partial charge in [0.1, 0.15) is 23.9 Å². The van der Waals surface area contributed by atoms with Crippen molar-refractivity contribution in [1.82, 2.24) is 5.32 Å². The molecule has 3 saturated heterocycles. The van der Waals surface area contributed by atoms with Crippen LogP contribution < -0.4 is 5.32 Å². The maximum Gasteiger partial charge on any atom is 0.244 e. The number of rotatable bonds is 9. The number of epoxide rings is 1. The van der Waals surface area contributed by atoms with Gasteiger partial charge in [0.2, 0.25) is 5.91 Å². The number of aliphatic hydroxyl groups excluding tert-OH is 1. The van der Waals surface area contributed by atoms with Crippen molar-refractivity contribution in [3.8, 4) is 0 Å². The summed E-state index contributed by atoms with van der Waals surface area (Å²) in [4.78, 5) is 12.3. The highest BCUT2D eigenvalue weighted by Crippen LogP contribution is 2.40. The normalized spacial score (nSPS) is 37.5. The average molecular weight is 476 g/mol. The Morgan fingerprint density at radius 2 is 2.09 bits per heavy atom. The van der Waals surface area contributed by atoms with Gasteiger partial charge >= 0.3 is 0 Å². The molecule has 3 aliphatic heterocycles. The van der Waals surface area contributed by atoms with Crippen LogP contribution in [0.25, 0.3) is 0 Å². The van der Waals surface area contributed by atoms with Crippen LogP contribution in [-0.2, 0) is 23.7 Å². The van der Waals surface area contributed by atoms with E-state index in [1.54, 1.807) is 12.3 Å². The highest BCUT2D eigenvalue weighted by Gasteiger charge is 2.55. The van der Waals surface area contributed by atoms with Crippen molar-refractivity contribution in [2.24, 2.45) is 5.92 Å². The fraction of sp³-hybridized carbons (Fsp3) is 0.667. The molecule has 8 atom stereocenters. The molecule has 3 heterocycles. The lowest BCUT2D eigenvalue weighted by Crippen LogP contribution is -2.50. The summed E-state index contributed by atoms with van der Waals surface area (Å²) < 4.78 is 22.8. The fourth-order valence-electron chi connectivity index (χ4n) is 4.51. The van der Waals surface area contributed by atoms with Crippen LogP contribution in [0.3, 0.4) is 0 Å². The van der Waals surface area contributed by atoms with Gasteiger partial charge in [-0.05, 0) is 52.5 Å². The predicted octanol–water partition coefficient (Wildman–Crippen LogP) is 3.59. The minimum Gasteiger partial charge on any atom is -0.495 e. The van der Waals surface area contributed by atoms with Crippen LogP contribution in [0.4, 0.5) is 0 Å². The average Bonchev–Trinajstić information content (AvgIpc) is 3.59. The summed E-state index contributed by atoms with van der Waals surface area (Å²) in [6, 6.07) is -0.0259. The number of allylic oxidation sites excluding steroid dienone is 3. The van der Waals surface area contributed by atoms with Gasteiger partial charge < -0.3 is 29.4 Å². The van der Waals surface area contributed by atoms with E-state index in [1.807, 2.05) is 45.9 Å². The van der Waals surface area contributed by atoms with Crippen molar-refractivity contribution in [2.45, 2.75) is 96.0 Å². The summed E-state index contributed by atoms with van der Waals surface area (Å²) in [5, 5.41) is 13.5. The second-order valence-electron chi connectivity index (χ2n) is 9.80. The summed E-state index contributed by atoms with van der Waals surface area (Å²) in [7, 11) is 0. The number of ether oxygens (including phenoxy) is 4. The Kier molecular flexibility index (Phi) is 9.54. The van der Waals surface area contributed by atoms with Gasteiger partial charge in [0, 0.05) is 12.5 Å². The highest BCUT2D eigenvalue weighted by molar-refractivity contribution is 5.87. The van der Waals surface area contributed by atoms with Crippen LogP contribution in [0.2, 0.25) is 0 Å². The maximum atomic E-state index is 12.3. The lowest BCUT2D eigenvalue weighted by molar-refractivity contribution is -0.123. The van der Waals surface area contributed by atoms with E-state index in [2.05, 4.69) is 18.3 Å². The lowest BCUT2D eigenvalue weighted by atomic mass is 9.88. The Labute approximate surface area is 203 Å². The third-order valence-electron chi connectivity index (χ3n) is 6.91. The minimum atomic E-state index is -0.612. The summed E-state index contributed by atoms with van der Waals surface area (Å²) in [6.07, 6.45) is 14.1. The molecule has 3 fully saturated rings. The van der Waals surface area contributed by atoms with Gasteiger partial charge in [-0.3, -0.25) is 4.79 Å². The Balaban J connectivity index is 1.45. The monoisotopic (exact) mass is 475 g/mol. The van der Waals surface area contributed by atoms with E-state index in [9.17, 15) is 9.90 Å². The van der Waals surface area contributed by atoms with Gasteiger partial charge in [0.05, 0.1) is 37.7 Å². The zero-order chi connectivity index (χ0) is 24.7. The zero-order valence-corrected chi connectivity index (χ0v) is 21.1. The largest absolute Gasteiger partial charge is 0.495 e. The third kappa shape index (κ3) is 7.28. The molecule has 0 saturated carbocycles. The molecule has 7 nitrogen and oxygen atoms in total. The topological polar surface area (TPSA) is 89.6 Å². The van der Waals surface area contributed by atoms with Crippen molar-refractivity contribution in [3.05, 3.63) is 48.3 Å². The molecule has 3 rings (SSSR count). The van der Waals surface area contributed by atoms with Crippen LogP contribution in [-0.4, -0.2) is 66.4 Å². The van der Waals surface area contributed by atoms with Crippen LogP contribution in [0.1, 0.15) is 53.9 Å². The number of aliphatic hydroxyl groups is 1. The molecule has 0 bridgehead atoms. The molecule has 2 N–H and O–H groups in total. The molecular formula is C27H41NO6. The molecule has 0 aromatic heterocycles. The Morgan fingerprint density at radius 3 is 2.79 bits per heavy atom. The van der Waals surface area contributed by atoms with E-state index in [1.165, 1.54) is 6.08 Å². The Bertz CT molecular complexity index is 799. The standard InChI is InChI=1S/C27H41NO6/c1-6-14-31-20(4)9-12-25(29)28-22-16-19(3)23(34-21(22)5)10-7-18(2)8-11-24-26(30)27(17-33-27)13-15-32-24/h6-9,11-12,14,19-24,26,30H,10,13,15-17H2,1-5H3,(H,28,29). The van der Waals surface area contributed by atoms with Crippen molar-refractivity contribution in [2.75, 3.05) is 13.2 Å². The van der Waals surface area contributed by atoms with E-state index in [4.69, 9.17) is 18.9 Å². The van der Waals surface area contributed by atoms with Crippen LogP contribution in [0.15, 0.2) is 48.3 Å². The first-order valence-corrected chi connectivity index (χ1v) is 12.4. The molecule has 8 unspecified atom stereocenters. The molecule has 3 aliphatic rings. The fourth-order valence-corrected chi connectivity index (χ4v) is 4.51. The second kappa shape index (κ2) is 12.2. The first-order valence-electron chi connectivity index (χ1n) is 12.4. The van der Waals surface area contributed by atoms with E-state index in [0.717, 1.165) is 24.8 Å². The van der Waals surface area contributed by atoms with E-state index in [-0.39, 0.29) is 42.0 Å². The molecular weight excluding hydrogens is 434 g/mol. The van der Waals surface area contributed by atoms with Crippen molar-refractivity contribution in [3.63, 3.8) is 0 Å². The van der Waals surface area contributed by atoms with E-state index < -0.39 is 6.10 Å². The first kappa shape index (κ1) is 26.7. The van der Waals surface area contributed by atoms with Crippen molar-refractivity contribution < 1.29 is 28.8 Å². The lowest BCUT2D eigenvalue weighted by Gasteiger charge is -2.39. The number of hydrogen-bond donors (Lipinski definition) is 2. The number of amides is 1. The summed E-state index contributed by atoms with van der Waals surface area (Å²) >= 11 is 0. The van der Waals surface area contributed by atoms with Gasteiger partial charge in [0.25, 0.3) is 0 Å². The maximum absolute atomic E-state index is 12.3. The molecule has 7 heteroatoms. The van der Waals surface area contributed by atoms with Gasteiger partial charge in [-0.25, -0.2) is 0 Å². The molecule has 0 aromatic carbocycles. The van der Waals surface area contributed by atoms with E-state index >= 15 is 0 Å². The molecule has 0 aromatic rings. The van der Waals surface area contributed by atoms with E-state index in [0.29, 0.717) is 19.1 Å². The summed E-state index contributed by atoms with van der Waals surface area (Å²) in [5.41, 5.74) is 0.720. The van der Waals surface area contributed by atoms with Crippen LogP contribution in [0, 0.1) is 5.92 Å². The second-order valence-corrected chi connectivity index (χ2v) is 9.80. The number of nitrogens with one attached hydrogen (secondary N) is 1. The van der Waals surface area contributed by atoms with Gasteiger partial charge in [-0.1, -0.05) is 36.8 Å². The Morgan fingerprint density at radius 1 is 1.32 bits per heavy atom. The smallest absolute Gasteiger partial charge is 0.244 e. The summed E-state index contributed by atoms with van der Waals surface area (Å²) in [6.45, 7) is 11.2. The van der Waals surface area contributed by atoms with Crippen molar-refractivity contribution in [1.29, 1.82) is 0 Å². The molecule has 0 radical (unpaired) electrons. The molecule has 1 spiro atoms. The van der Waals surface area contributed by atoms with Crippen LogP contribution >= 0.6 is 0 Å². The third-order valence-corrected chi connectivity index (χ3v) is 6.91. The van der Waals surface area contributed by atoms with Crippen LogP contribution in [0.5, 0.6) is 0 Å². The molecule has 1 amide bonds. The summed E-state index contributed by atoms with van der Waals surface area (Å²) in [5.74, 6) is 0.180. The molecule has 0 aliphatic carbocycles. The van der Waals surface area contributed by atoms with Gasteiger partial charge in [0.15, 0.2) is 0 Å². The SMILES string of the molecule is CC=COC(C)C=CC(=O)NC1CC(C)C(CC=C(C)C=CC2OCCC3(CO3)C2O)OC1C. The highest BCUT2D eigenvalue weighted by atomic mass is 16.6. The Hall–Kier alpha value is -1.93. The quantitative estimate of drug-likeness (QED) is 0.229. The number of carbonyl (C=O) groups is 1. The van der Waals surface area contributed by atoms with Gasteiger partial charge in [-0.15, -0.1) is 0 Å². The van der Waals surface area contributed by atoms with Gasteiger partial charge in [-0.2, -0.15) is 0 Å².